The maximum absolute atomic E-state index is 13.5. The van der Waals surface area contributed by atoms with Gasteiger partial charge < -0.3 is 5.32 Å². The Bertz CT molecular complexity index is 517. The molecule has 2 rings (SSSR count). The van der Waals surface area contributed by atoms with Crippen LogP contribution in [0.4, 0.5) is 10.1 Å². The summed E-state index contributed by atoms with van der Waals surface area (Å²) in [6, 6.07) is 7.16. The van der Waals surface area contributed by atoms with Gasteiger partial charge in [-0.3, -0.25) is 0 Å². The molecular formula is C13H13BrFNS. The zero-order chi connectivity index (χ0) is 12.4. The van der Waals surface area contributed by atoms with Gasteiger partial charge >= 0.3 is 0 Å². The van der Waals surface area contributed by atoms with Gasteiger partial charge in [-0.25, -0.2) is 4.39 Å². The van der Waals surface area contributed by atoms with Crippen LogP contribution in [-0.2, 0) is 6.54 Å². The van der Waals surface area contributed by atoms with Crippen molar-refractivity contribution in [2.24, 2.45) is 0 Å². The molecule has 1 heterocycles. The normalized spacial score (nSPS) is 10.6. The van der Waals surface area contributed by atoms with Gasteiger partial charge in [0, 0.05) is 20.8 Å². The van der Waals surface area contributed by atoms with Crippen molar-refractivity contribution < 1.29 is 4.39 Å². The van der Waals surface area contributed by atoms with Crippen molar-refractivity contribution in [3.63, 3.8) is 0 Å². The van der Waals surface area contributed by atoms with Crippen molar-refractivity contribution in [2.45, 2.75) is 20.4 Å². The summed E-state index contributed by atoms with van der Waals surface area (Å²) in [5.41, 5.74) is 1.62. The number of hydrogen-bond donors (Lipinski definition) is 1. The van der Waals surface area contributed by atoms with Crippen LogP contribution in [0.15, 0.2) is 28.7 Å². The molecule has 0 amide bonds. The molecule has 2 aromatic rings. The number of halogens is 2. The SMILES string of the molecule is Cc1ccc(F)c(NCc2cc(Br)c(C)s2)c1. The Morgan fingerprint density at radius 2 is 2.06 bits per heavy atom. The lowest BCUT2D eigenvalue weighted by atomic mass is 10.2. The van der Waals surface area contributed by atoms with Crippen molar-refractivity contribution in [1.29, 1.82) is 0 Å². The van der Waals surface area contributed by atoms with Crippen LogP contribution in [0, 0.1) is 19.7 Å². The van der Waals surface area contributed by atoms with E-state index in [9.17, 15) is 4.39 Å². The van der Waals surface area contributed by atoms with Crippen LogP contribution in [0.5, 0.6) is 0 Å². The van der Waals surface area contributed by atoms with Gasteiger partial charge in [-0.1, -0.05) is 6.07 Å². The Labute approximate surface area is 113 Å². The fourth-order valence-electron chi connectivity index (χ4n) is 1.56. The Balaban J connectivity index is 2.09. The van der Waals surface area contributed by atoms with Crippen molar-refractivity contribution >= 4 is 33.0 Å². The van der Waals surface area contributed by atoms with Crippen molar-refractivity contribution in [2.75, 3.05) is 5.32 Å². The standard InChI is InChI=1S/C13H13BrFNS/c1-8-3-4-12(15)13(5-8)16-7-10-6-11(14)9(2)17-10/h3-6,16H,7H2,1-2H3. The zero-order valence-corrected chi connectivity index (χ0v) is 12.1. The molecule has 0 aliphatic carbocycles. The van der Waals surface area contributed by atoms with E-state index in [4.69, 9.17) is 0 Å². The zero-order valence-electron chi connectivity index (χ0n) is 9.68. The van der Waals surface area contributed by atoms with Crippen LogP contribution in [0.3, 0.4) is 0 Å². The van der Waals surface area contributed by atoms with Crippen LogP contribution >= 0.6 is 27.3 Å². The van der Waals surface area contributed by atoms with Crippen molar-refractivity contribution in [1.82, 2.24) is 0 Å². The van der Waals surface area contributed by atoms with E-state index in [0.29, 0.717) is 12.2 Å². The number of rotatable bonds is 3. The molecule has 0 bridgehead atoms. The van der Waals surface area contributed by atoms with Crippen molar-refractivity contribution in [3.05, 3.63) is 49.9 Å². The van der Waals surface area contributed by atoms with E-state index in [2.05, 4.69) is 34.2 Å². The van der Waals surface area contributed by atoms with E-state index in [1.165, 1.54) is 15.8 Å². The lowest BCUT2D eigenvalue weighted by molar-refractivity contribution is 0.630. The summed E-state index contributed by atoms with van der Waals surface area (Å²) < 4.78 is 14.6. The van der Waals surface area contributed by atoms with Gasteiger partial charge in [0.15, 0.2) is 0 Å². The molecule has 0 unspecified atom stereocenters. The second-order valence-corrected chi connectivity index (χ2v) is 6.15. The second kappa shape index (κ2) is 5.19. The van der Waals surface area contributed by atoms with Gasteiger partial charge in [-0.2, -0.15) is 0 Å². The Kier molecular flexibility index (Phi) is 3.84. The smallest absolute Gasteiger partial charge is 0.146 e. The second-order valence-electron chi connectivity index (χ2n) is 3.95. The van der Waals surface area contributed by atoms with Gasteiger partial charge in [-0.05, 0) is 53.5 Å². The number of hydrogen-bond acceptors (Lipinski definition) is 2. The van der Waals surface area contributed by atoms with Crippen molar-refractivity contribution in [3.8, 4) is 0 Å². The summed E-state index contributed by atoms with van der Waals surface area (Å²) in [4.78, 5) is 2.43. The van der Waals surface area contributed by atoms with Crippen LogP contribution in [0.2, 0.25) is 0 Å². The molecular weight excluding hydrogens is 301 g/mol. The summed E-state index contributed by atoms with van der Waals surface area (Å²) in [5, 5.41) is 3.13. The predicted molar refractivity (Wildman–Crippen MR) is 75.2 cm³/mol. The summed E-state index contributed by atoms with van der Waals surface area (Å²) >= 11 is 5.19. The minimum absolute atomic E-state index is 0.206. The fourth-order valence-corrected chi connectivity index (χ4v) is 3.10. The average molecular weight is 314 g/mol. The number of thiophene rings is 1. The van der Waals surface area contributed by atoms with E-state index in [0.717, 1.165) is 10.0 Å². The fraction of sp³-hybridized carbons (Fsp3) is 0.231. The summed E-state index contributed by atoms with van der Waals surface area (Å²) in [6.07, 6.45) is 0. The molecule has 0 aliphatic heterocycles. The third kappa shape index (κ3) is 3.07. The minimum atomic E-state index is -0.206. The lowest BCUT2D eigenvalue weighted by Crippen LogP contribution is -2.00. The average Bonchev–Trinajstić information content (AvgIpc) is 2.60. The Morgan fingerprint density at radius 1 is 1.29 bits per heavy atom. The molecule has 17 heavy (non-hydrogen) atoms. The topological polar surface area (TPSA) is 12.0 Å². The molecule has 0 atom stereocenters. The van der Waals surface area contributed by atoms with Crippen LogP contribution in [0.25, 0.3) is 0 Å². The Hall–Kier alpha value is -0.870. The molecule has 1 aromatic heterocycles. The van der Waals surface area contributed by atoms with Crippen LogP contribution in [0.1, 0.15) is 15.3 Å². The Morgan fingerprint density at radius 3 is 2.71 bits per heavy atom. The molecule has 1 nitrogen and oxygen atoms in total. The molecule has 1 aromatic carbocycles. The first-order valence-corrected chi connectivity index (χ1v) is 6.92. The maximum Gasteiger partial charge on any atom is 0.146 e. The minimum Gasteiger partial charge on any atom is -0.378 e. The largest absolute Gasteiger partial charge is 0.378 e. The summed E-state index contributed by atoms with van der Waals surface area (Å²) in [6.45, 7) is 4.67. The monoisotopic (exact) mass is 313 g/mol. The molecule has 90 valence electrons. The van der Waals surface area contributed by atoms with Gasteiger partial charge in [0.25, 0.3) is 0 Å². The molecule has 0 aliphatic rings. The van der Waals surface area contributed by atoms with E-state index >= 15 is 0 Å². The van der Waals surface area contributed by atoms with E-state index in [-0.39, 0.29) is 5.82 Å². The number of benzene rings is 1. The van der Waals surface area contributed by atoms with E-state index in [1.807, 2.05) is 13.0 Å². The van der Waals surface area contributed by atoms with Crippen LogP contribution < -0.4 is 5.32 Å². The third-order valence-electron chi connectivity index (χ3n) is 2.48. The first-order valence-electron chi connectivity index (χ1n) is 5.31. The van der Waals surface area contributed by atoms with Gasteiger partial charge in [-0.15, -0.1) is 11.3 Å². The summed E-state index contributed by atoms with van der Waals surface area (Å²) in [5.74, 6) is -0.206. The molecule has 0 radical (unpaired) electrons. The number of anilines is 1. The number of nitrogens with one attached hydrogen (secondary N) is 1. The van der Waals surface area contributed by atoms with E-state index in [1.54, 1.807) is 17.4 Å². The molecule has 0 saturated carbocycles. The highest BCUT2D eigenvalue weighted by atomic mass is 79.9. The predicted octanol–water partition coefficient (Wildman–Crippen LogP) is 4.88. The first kappa shape index (κ1) is 12.6. The highest BCUT2D eigenvalue weighted by Gasteiger charge is 2.05. The lowest BCUT2D eigenvalue weighted by Gasteiger charge is -2.06. The first-order chi connectivity index (χ1) is 8.06. The van der Waals surface area contributed by atoms with Gasteiger partial charge in [0.1, 0.15) is 5.82 Å². The highest BCUT2D eigenvalue weighted by molar-refractivity contribution is 9.10. The molecule has 0 fully saturated rings. The van der Waals surface area contributed by atoms with Crippen LogP contribution in [-0.4, -0.2) is 0 Å². The quantitative estimate of drug-likeness (QED) is 0.851. The summed E-state index contributed by atoms with van der Waals surface area (Å²) in [7, 11) is 0. The molecule has 4 heteroatoms. The van der Waals surface area contributed by atoms with E-state index < -0.39 is 0 Å². The van der Waals surface area contributed by atoms with Gasteiger partial charge in [0.2, 0.25) is 0 Å². The molecule has 1 N–H and O–H groups in total. The highest BCUT2D eigenvalue weighted by Crippen LogP contribution is 2.27. The maximum atomic E-state index is 13.5. The molecule has 0 spiro atoms. The third-order valence-corrected chi connectivity index (χ3v) is 4.62. The van der Waals surface area contributed by atoms with Gasteiger partial charge in [0.05, 0.1) is 5.69 Å². The molecule has 0 saturated heterocycles. The number of aryl methyl sites for hydroxylation is 2.